The lowest BCUT2D eigenvalue weighted by atomic mass is 9.90. The maximum atomic E-state index is 11.1. The van der Waals surface area contributed by atoms with Crippen LogP contribution in [0.15, 0.2) is 30.7 Å². The number of fused-ring (bicyclic) bond motifs is 3. The molecular formula is C21H25N7O2. The van der Waals surface area contributed by atoms with Crippen LogP contribution in [-0.2, 0) is 11.3 Å². The Morgan fingerprint density at radius 3 is 2.90 bits per heavy atom. The fourth-order valence-electron chi connectivity index (χ4n) is 4.20. The van der Waals surface area contributed by atoms with Crippen LogP contribution in [0.25, 0.3) is 22.9 Å². The molecule has 1 saturated heterocycles. The van der Waals surface area contributed by atoms with Crippen LogP contribution < -0.4 is 10.5 Å². The van der Waals surface area contributed by atoms with Crippen LogP contribution in [0.1, 0.15) is 31.4 Å². The van der Waals surface area contributed by atoms with Crippen LogP contribution in [0.5, 0.6) is 5.75 Å². The molecule has 9 heteroatoms. The quantitative estimate of drug-likeness (QED) is 0.690. The molecule has 9 nitrogen and oxygen atoms in total. The van der Waals surface area contributed by atoms with E-state index in [1.165, 1.54) is 5.56 Å². The van der Waals surface area contributed by atoms with E-state index in [2.05, 4.69) is 51.6 Å². The van der Waals surface area contributed by atoms with Crippen LogP contribution in [0, 0.1) is 0 Å². The second-order valence-corrected chi connectivity index (χ2v) is 8.23. The van der Waals surface area contributed by atoms with Crippen molar-refractivity contribution >= 4 is 5.91 Å². The number of ether oxygens (including phenoxy) is 1. The summed E-state index contributed by atoms with van der Waals surface area (Å²) in [5.41, 5.74) is 8.29. The first-order valence-electron chi connectivity index (χ1n) is 10.2. The summed E-state index contributed by atoms with van der Waals surface area (Å²) in [6, 6.07) is 6.54. The van der Waals surface area contributed by atoms with Crippen molar-refractivity contribution in [3.8, 4) is 28.7 Å². The number of carbonyl (C=O) groups is 1. The smallest absolute Gasteiger partial charge is 0.231 e. The van der Waals surface area contributed by atoms with Gasteiger partial charge in [-0.05, 0) is 31.5 Å². The van der Waals surface area contributed by atoms with E-state index in [-0.39, 0.29) is 11.9 Å². The molecule has 1 aromatic carbocycles. The van der Waals surface area contributed by atoms with Crippen molar-refractivity contribution < 1.29 is 9.53 Å². The van der Waals surface area contributed by atoms with E-state index in [0.717, 1.165) is 48.3 Å². The number of hydrogen-bond acceptors (Lipinski definition) is 6. The summed E-state index contributed by atoms with van der Waals surface area (Å²) >= 11 is 0. The highest BCUT2D eigenvalue weighted by molar-refractivity contribution is 5.76. The van der Waals surface area contributed by atoms with Crippen LogP contribution in [0.4, 0.5) is 0 Å². The van der Waals surface area contributed by atoms with Crippen molar-refractivity contribution in [1.29, 1.82) is 0 Å². The SMILES string of the molecule is CC(C)n1ncnc1-c1cn2c(n1)-c1ccc(C3CN(CC(N)=O)C3)cc1OCC2. The number of amides is 1. The molecule has 2 N–H and O–H groups in total. The Hall–Kier alpha value is -3.20. The molecule has 0 aliphatic carbocycles. The third-order valence-electron chi connectivity index (χ3n) is 5.71. The minimum absolute atomic E-state index is 0.207. The molecule has 2 aromatic heterocycles. The third-order valence-corrected chi connectivity index (χ3v) is 5.71. The topological polar surface area (TPSA) is 104 Å². The number of benzene rings is 1. The van der Waals surface area contributed by atoms with Gasteiger partial charge in [0.05, 0.1) is 18.7 Å². The number of imidazole rings is 1. The maximum absolute atomic E-state index is 11.1. The number of primary amides is 1. The summed E-state index contributed by atoms with van der Waals surface area (Å²) in [5.74, 6) is 2.61. The highest BCUT2D eigenvalue weighted by atomic mass is 16.5. The Labute approximate surface area is 174 Å². The zero-order valence-electron chi connectivity index (χ0n) is 17.2. The van der Waals surface area contributed by atoms with Crippen LogP contribution in [0.3, 0.4) is 0 Å². The summed E-state index contributed by atoms with van der Waals surface area (Å²) < 4.78 is 10.1. The van der Waals surface area contributed by atoms with Gasteiger partial charge in [-0.15, -0.1) is 0 Å². The summed E-state index contributed by atoms with van der Waals surface area (Å²) in [7, 11) is 0. The Bertz CT molecular complexity index is 1090. The lowest BCUT2D eigenvalue weighted by Crippen LogP contribution is -2.48. The van der Waals surface area contributed by atoms with Crippen molar-refractivity contribution in [3.05, 3.63) is 36.3 Å². The molecule has 1 amide bonds. The van der Waals surface area contributed by atoms with Crippen molar-refractivity contribution in [2.24, 2.45) is 5.73 Å². The highest BCUT2D eigenvalue weighted by Gasteiger charge is 2.30. The van der Waals surface area contributed by atoms with E-state index >= 15 is 0 Å². The number of hydrogen-bond donors (Lipinski definition) is 1. The molecule has 0 spiro atoms. The van der Waals surface area contributed by atoms with E-state index in [0.29, 0.717) is 19.1 Å². The van der Waals surface area contributed by atoms with E-state index < -0.39 is 0 Å². The summed E-state index contributed by atoms with van der Waals surface area (Å²) in [6.45, 7) is 7.45. The van der Waals surface area contributed by atoms with Crippen LogP contribution in [0.2, 0.25) is 0 Å². The van der Waals surface area contributed by atoms with Crippen molar-refractivity contribution in [2.45, 2.75) is 32.4 Å². The van der Waals surface area contributed by atoms with Crippen molar-refractivity contribution in [1.82, 2.24) is 29.2 Å². The van der Waals surface area contributed by atoms with E-state index in [1.54, 1.807) is 6.33 Å². The van der Waals surface area contributed by atoms with Gasteiger partial charge in [0.1, 0.15) is 30.2 Å². The molecule has 5 rings (SSSR count). The van der Waals surface area contributed by atoms with Gasteiger partial charge in [0.15, 0.2) is 5.82 Å². The lowest BCUT2D eigenvalue weighted by Gasteiger charge is -2.38. The first-order chi connectivity index (χ1) is 14.5. The monoisotopic (exact) mass is 407 g/mol. The predicted octanol–water partition coefficient (Wildman–Crippen LogP) is 1.67. The number of nitrogens with two attached hydrogens (primary N) is 1. The summed E-state index contributed by atoms with van der Waals surface area (Å²) in [5, 5.41) is 4.33. The number of rotatable bonds is 5. The Balaban J connectivity index is 1.44. The Morgan fingerprint density at radius 2 is 2.13 bits per heavy atom. The van der Waals surface area contributed by atoms with Crippen LogP contribution >= 0.6 is 0 Å². The van der Waals surface area contributed by atoms with Gasteiger partial charge in [-0.2, -0.15) is 5.10 Å². The molecule has 0 bridgehead atoms. The molecular weight excluding hydrogens is 382 g/mol. The standard InChI is InChI=1S/C21H25N7O2/c1-13(2)28-21(23-12-24-28)17-10-27-5-6-30-18-7-14(3-4-16(18)20(27)25-17)15-8-26(9-15)11-19(22)29/h3-4,7,10,12-13,15H,5-6,8-9,11H2,1-2H3,(H2,22,29). The molecule has 0 atom stereocenters. The number of aromatic nitrogens is 5. The van der Waals surface area contributed by atoms with Gasteiger partial charge < -0.3 is 15.0 Å². The third kappa shape index (κ3) is 3.24. The van der Waals surface area contributed by atoms with Gasteiger partial charge in [-0.1, -0.05) is 6.07 Å². The molecule has 0 unspecified atom stereocenters. The van der Waals surface area contributed by atoms with E-state index in [4.69, 9.17) is 15.5 Å². The fourth-order valence-corrected chi connectivity index (χ4v) is 4.20. The Kier molecular flexibility index (Phi) is 4.54. The average molecular weight is 407 g/mol. The normalized spacial score (nSPS) is 16.5. The van der Waals surface area contributed by atoms with Gasteiger partial charge >= 0.3 is 0 Å². The summed E-state index contributed by atoms with van der Waals surface area (Å²) in [6.07, 6.45) is 3.60. The van der Waals surface area contributed by atoms with Gasteiger partial charge in [0, 0.05) is 31.2 Å². The fraction of sp³-hybridized carbons (Fsp3) is 0.429. The molecule has 156 valence electrons. The molecule has 3 aromatic rings. The van der Waals surface area contributed by atoms with Gasteiger partial charge in [0.2, 0.25) is 5.91 Å². The largest absolute Gasteiger partial charge is 0.491 e. The molecule has 30 heavy (non-hydrogen) atoms. The van der Waals surface area contributed by atoms with Gasteiger partial charge in [0.25, 0.3) is 0 Å². The molecule has 2 aliphatic heterocycles. The highest BCUT2D eigenvalue weighted by Crippen LogP contribution is 2.37. The van der Waals surface area contributed by atoms with Crippen LogP contribution in [-0.4, -0.2) is 61.4 Å². The number of carbonyl (C=O) groups excluding carboxylic acids is 1. The molecule has 4 heterocycles. The maximum Gasteiger partial charge on any atom is 0.231 e. The van der Waals surface area contributed by atoms with Gasteiger partial charge in [-0.25, -0.2) is 14.6 Å². The minimum atomic E-state index is -0.283. The first-order valence-corrected chi connectivity index (χ1v) is 10.2. The zero-order chi connectivity index (χ0) is 20.8. The molecule has 0 radical (unpaired) electrons. The molecule has 2 aliphatic rings. The van der Waals surface area contributed by atoms with E-state index in [1.807, 2.05) is 10.9 Å². The van der Waals surface area contributed by atoms with E-state index in [9.17, 15) is 4.79 Å². The number of likely N-dealkylation sites (tertiary alicyclic amines) is 1. The van der Waals surface area contributed by atoms with Crippen molar-refractivity contribution in [3.63, 3.8) is 0 Å². The average Bonchev–Trinajstić information content (AvgIpc) is 3.28. The Morgan fingerprint density at radius 1 is 1.30 bits per heavy atom. The second-order valence-electron chi connectivity index (χ2n) is 8.23. The minimum Gasteiger partial charge on any atom is -0.491 e. The number of nitrogens with zero attached hydrogens (tertiary/aromatic N) is 6. The first kappa shape index (κ1) is 18.8. The second kappa shape index (κ2) is 7.24. The zero-order valence-corrected chi connectivity index (χ0v) is 17.2. The predicted molar refractivity (Wildman–Crippen MR) is 111 cm³/mol. The summed E-state index contributed by atoms with van der Waals surface area (Å²) in [4.78, 5) is 22.5. The molecule has 0 saturated carbocycles. The lowest BCUT2D eigenvalue weighted by molar-refractivity contribution is -0.120. The van der Waals surface area contributed by atoms with Gasteiger partial charge in [-0.3, -0.25) is 9.69 Å². The molecule has 1 fully saturated rings. The van der Waals surface area contributed by atoms with Crippen molar-refractivity contribution in [2.75, 3.05) is 26.2 Å².